The predicted octanol–water partition coefficient (Wildman–Crippen LogP) is 2.87. The van der Waals surface area contributed by atoms with Gasteiger partial charge in [-0.1, -0.05) is 0 Å². The van der Waals surface area contributed by atoms with Crippen molar-refractivity contribution in [2.24, 2.45) is 5.41 Å². The van der Waals surface area contributed by atoms with Crippen molar-refractivity contribution in [3.63, 3.8) is 0 Å². The van der Waals surface area contributed by atoms with E-state index in [1.54, 1.807) is 6.33 Å². The molecule has 2 aliphatic heterocycles. The molecule has 2 saturated heterocycles. The summed E-state index contributed by atoms with van der Waals surface area (Å²) in [6.07, 6.45) is 5.61. The molecule has 2 aliphatic rings. The lowest BCUT2D eigenvalue weighted by atomic mass is 9.73. The van der Waals surface area contributed by atoms with Gasteiger partial charge in [-0.3, -0.25) is 4.79 Å². The number of carbonyl (C=O) groups is 1. The monoisotopic (exact) mass is 353 g/mol. The van der Waals surface area contributed by atoms with E-state index in [1.165, 1.54) is 12.0 Å². The van der Waals surface area contributed by atoms with Crippen molar-refractivity contribution in [2.45, 2.75) is 46.5 Å². The quantitative estimate of drug-likeness (QED) is 0.831. The van der Waals surface area contributed by atoms with Gasteiger partial charge in [-0.05, 0) is 51.7 Å². The molecule has 1 spiro atoms. The second-order valence-corrected chi connectivity index (χ2v) is 7.91. The third-order valence-electron chi connectivity index (χ3n) is 6.00. The Bertz CT molecular complexity index is 851. The zero-order valence-electron chi connectivity index (χ0n) is 16.0. The van der Waals surface area contributed by atoms with Crippen molar-refractivity contribution >= 4 is 22.8 Å². The summed E-state index contributed by atoms with van der Waals surface area (Å²) in [5.41, 5.74) is 3.13. The molecular formula is C20H27N5O. The smallest absolute Gasteiger partial charge is 0.222 e. The maximum absolute atomic E-state index is 12.1. The van der Waals surface area contributed by atoms with E-state index in [0.29, 0.717) is 12.3 Å². The van der Waals surface area contributed by atoms with Gasteiger partial charge in [0.05, 0.1) is 5.39 Å². The number of amides is 1. The van der Waals surface area contributed by atoms with Gasteiger partial charge in [0.15, 0.2) is 5.65 Å². The van der Waals surface area contributed by atoms with Gasteiger partial charge in [0, 0.05) is 43.7 Å². The molecule has 1 unspecified atom stereocenters. The molecule has 0 aliphatic carbocycles. The summed E-state index contributed by atoms with van der Waals surface area (Å²) in [4.78, 5) is 30.2. The molecule has 1 atom stereocenters. The Morgan fingerprint density at radius 1 is 1.19 bits per heavy atom. The topological polar surface area (TPSA) is 62.2 Å². The molecule has 26 heavy (non-hydrogen) atoms. The van der Waals surface area contributed by atoms with Gasteiger partial charge in [-0.2, -0.15) is 0 Å². The highest BCUT2D eigenvalue weighted by atomic mass is 16.2. The van der Waals surface area contributed by atoms with E-state index >= 15 is 0 Å². The van der Waals surface area contributed by atoms with Crippen LogP contribution in [0, 0.1) is 19.3 Å². The second kappa shape index (κ2) is 6.49. The van der Waals surface area contributed by atoms with Crippen LogP contribution in [0.4, 0.5) is 5.82 Å². The summed E-state index contributed by atoms with van der Waals surface area (Å²) in [6, 6.07) is 2.10. The average Bonchev–Trinajstić information content (AvgIpc) is 2.63. The third kappa shape index (κ3) is 2.91. The first-order chi connectivity index (χ1) is 12.5. The molecule has 4 heterocycles. The Morgan fingerprint density at radius 3 is 2.85 bits per heavy atom. The zero-order valence-corrected chi connectivity index (χ0v) is 16.0. The molecule has 1 amide bonds. The third-order valence-corrected chi connectivity index (χ3v) is 6.00. The fourth-order valence-electron chi connectivity index (χ4n) is 4.74. The van der Waals surface area contributed by atoms with Crippen LogP contribution in [-0.4, -0.2) is 51.9 Å². The van der Waals surface area contributed by atoms with Gasteiger partial charge in [-0.25, -0.2) is 15.0 Å². The molecule has 0 radical (unpaired) electrons. The summed E-state index contributed by atoms with van der Waals surface area (Å²) in [5.74, 6) is 1.30. The van der Waals surface area contributed by atoms with Crippen molar-refractivity contribution < 1.29 is 4.79 Å². The first-order valence-electron chi connectivity index (χ1n) is 9.63. The minimum Gasteiger partial charge on any atom is -0.355 e. The summed E-state index contributed by atoms with van der Waals surface area (Å²) in [6.45, 7) is 9.83. The van der Waals surface area contributed by atoms with Crippen LogP contribution in [0.1, 0.15) is 43.9 Å². The van der Waals surface area contributed by atoms with Crippen LogP contribution >= 0.6 is 0 Å². The van der Waals surface area contributed by atoms with Crippen LogP contribution in [0.2, 0.25) is 0 Å². The Balaban J connectivity index is 1.69. The van der Waals surface area contributed by atoms with Gasteiger partial charge in [0.25, 0.3) is 0 Å². The molecule has 4 rings (SSSR count). The summed E-state index contributed by atoms with van der Waals surface area (Å²) < 4.78 is 0. The lowest BCUT2D eigenvalue weighted by Crippen LogP contribution is -2.54. The van der Waals surface area contributed by atoms with Gasteiger partial charge in [0.2, 0.25) is 5.91 Å². The number of pyridine rings is 1. The van der Waals surface area contributed by atoms with Crippen LogP contribution in [-0.2, 0) is 4.79 Å². The molecule has 138 valence electrons. The maximum atomic E-state index is 12.1. The predicted molar refractivity (Wildman–Crippen MR) is 102 cm³/mol. The number of anilines is 1. The molecule has 2 fully saturated rings. The number of piperidine rings is 2. The van der Waals surface area contributed by atoms with Crippen molar-refractivity contribution in [3.05, 3.63) is 23.7 Å². The summed E-state index contributed by atoms with van der Waals surface area (Å²) in [7, 11) is 0. The van der Waals surface area contributed by atoms with E-state index in [2.05, 4.69) is 39.8 Å². The highest BCUT2D eigenvalue weighted by molar-refractivity contribution is 5.90. The lowest BCUT2D eigenvalue weighted by molar-refractivity contribution is -0.137. The molecule has 6 nitrogen and oxygen atoms in total. The molecule has 2 aromatic rings. The minimum absolute atomic E-state index is 0.186. The average molecular weight is 353 g/mol. The molecule has 2 aromatic heterocycles. The maximum Gasteiger partial charge on any atom is 0.222 e. The van der Waals surface area contributed by atoms with Crippen molar-refractivity contribution in [1.29, 1.82) is 0 Å². The van der Waals surface area contributed by atoms with E-state index in [-0.39, 0.29) is 5.41 Å². The Hall–Kier alpha value is -2.24. The zero-order chi connectivity index (χ0) is 18.3. The normalized spacial score (nSPS) is 23.9. The van der Waals surface area contributed by atoms with Crippen molar-refractivity contribution in [1.82, 2.24) is 19.9 Å². The van der Waals surface area contributed by atoms with E-state index < -0.39 is 0 Å². The molecular weight excluding hydrogens is 326 g/mol. The molecule has 0 N–H and O–H groups in total. The van der Waals surface area contributed by atoms with Gasteiger partial charge in [-0.15, -0.1) is 0 Å². The van der Waals surface area contributed by atoms with E-state index in [0.717, 1.165) is 61.6 Å². The van der Waals surface area contributed by atoms with Crippen LogP contribution in [0.5, 0.6) is 0 Å². The van der Waals surface area contributed by atoms with Gasteiger partial charge < -0.3 is 9.80 Å². The number of rotatable bonds is 2. The first kappa shape index (κ1) is 17.2. The Morgan fingerprint density at radius 2 is 2.04 bits per heavy atom. The summed E-state index contributed by atoms with van der Waals surface area (Å²) in [5, 5.41) is 1.06. The van der Waals surface area contributed by atoms with E-state index in [9.17, 15) is 4.79 Å². The van der Waals surface area contributed by atoms with Crippen LogP contribution in [0.15, 0.2) is 12.4 Å². The second-order valence-electron chi connectivity index (χ2n) is 7.91. The highest BCUT2D eigenvalue weighted by Gasteiger charge is 2.41. The molecule has 6 heteroatoms. The van der Waals surface area contributed by atoms with Crippen molar-refractivity contribution in [3.8, 4) is 0 Å². The van der Waals surface area contributed by atoms with Gasteiger partial charge >= 0.3 is 0 Å². The lowest BCUT2D eigenvalue weighted by Gasteiger charge is -2.48. The number of aryl methyl sites for hydroxylation is 2. The molecule has 0 aromatic carbocycles. The standard InChI is InChI=1S/C20H27N5O/c1-4-24-11-20(8-6-16(24)26)7-5-9-25(12-20)19-17-14(2)10-15(3)23-18(17)21-13-22-19/h10,13H,4-9,11-12H2,1-3H3. The number of hydrogen-bond acceptors (Lipinski definition) is 5. The highest BCUT2D eigenvalue weighted by Crippen LogP contribution is 2.41. The largest absolute Gasteiger partial charge is 0.355 e. The fraction of sp³-hybridized carbons (Fsp3) is 0.600. The Kier molecular flexibility index (Phi) is 4.29. The fourth-order valence-corrected chi connectivity index (χ4v) is 4.74. The SMILES string of the molecule is CCN1CC2(CCCN(c3ncnc4nc(C)cc(C)c34)C2)CCC1=O. The first-order valence-corrected chi connectivity index (χ1v) is 9.63. The van der Waals surface area contributed by atoms with E-state index in [4.69, 9.17) is 0 Å². The van der Waals surface area contributed by atoms with Crippen LogP contribution in [0.3, 0.4) is 0 Å². The molecule has 0 bridgehead atoms. The molecule has 0 saturated carbocycles. The number of nitrogens with zero attached hydrogens (tertiary/aromatic N) is 5. The number of likely N-dealkylation sites (tertiary alicyclic amines) is 1. The number of aromatic nitrogens is 3. The summed E-state index contributed by atoms with van der Waals surface area (Å²) >= 11 is 0. The van der Waals surface area contributed by atoms with Crippen LogP contribution < -0.4 is 4.90 Å². The Labute approximate surface area is 154 Å². The number of hydrogen-bond donors (Lipinski definition) is 0. The number of fused-ring (bicyclic) bond motifs is 1. The van der Waals surface area contributed by atoms with Crippen LogP contribution in [0.25, 0.3) is 11.0 Å². The van der Waals surface area contributed by atoms with Crippen molar-refractivity contribution in [2.75, 3.05) is 31.1 Å². The van der Waals surface area contributed by atoms with Gasteiger partial charge in [0.1, 0.15) is 12.1 Å². The number of carbonyl (C=O) groups excluding carboxylic acids is 1. The van der Waals surface area contributed by atoms with E-state index in [1.807, 2.05) is 11.8 Å². The minimum atomic E-state index is 0.186.